The number of nitriles is 1. The summed E-state index contributed by atoms with van der Waals surface area (Å²) in [7, 11) is 1.51. The van der Waals surface area contributed by atoms with Gasteiger partial charge < -0.3 is 4.74 Å². The Kier molecular flexibility index (Phi) is 3.11. The minimum Gasteiger partial charge on any atom is -0.496 e. The normalized spacial score (nSPS) is 10.5. The molecule has 1 aromatic rings. The number of hydrogen-bond acceptors (Lipinski definition) is 3. The fourth-order valence-electron chi connectivity index (χ4n) is 1.28. The van der Waals surface area contributed by atoms with Crippen LogP contribution in [0.4, 0.5) is 0 Å². The quantitative estimate of drug-likeness (QED) is 0.708. The zero-order valence-corrected chi connectivity index (χ0v) is 9.07. The van der Waals surface area contributed by atoms with Crippen LogP contribution in [0.3, 0.4) is 0 Å². The Bertz CT molecular complexity index is 416. The Morgan fingerprint density at radius 2 is 2.13 bits per heavy atom. The lowest BCUT2D eigenvalue weighted by atomic mass is 9.85. The van der Waals surface area contributed by atoms with Crippen molar-refractivity contribution in [3.8, 4) is 11.8 Å². The molecule has 0 fully saturated rings. The summed E-state index contributed by atoms with van der Waals surface area (Å²) in [5.41, 5.74) is 0.690. The molecule has 0 aliphatic carbocycles. The summed E-state index contributed by atoms with van der Waals surface area (Å²) in [5, 5.41) is 8.97. The summed E-state index contributed by atoms with van der Waals surface area (Å²) in [6.45, 7) is 3.62. The maximum Gasteiger partial charge on any atom is 0.153 e. The van der Waals surface area contributed by atoms with Gasteiger partial charge in [0.15, 0.2) is 6.29 Å². The van der Waals surface area contributed by atoms with Gasteiger partial charge in [-0.25, -0.2) is 0 Å². The molecule has 1 aromatic carbocycles. The summed E-state index contributed by atoms with van der Waals surface area (Å²) in [5.74, 6) is 0.530. The molecule has 0 N–H and O–H groups in total. The third-order valence-electron chi connectivity index (χ3n) is 2.36. The van der Waals surface area contributed by atoms with Crippen LogP contribution in [0.5, 0.6) is 5.75 Å². The second-order valence-electron chi connectivity index (χ2n) is 3.81. The van der Waals surface area contributed by atoms with E-state index < -0.39 is 5.41 Å². The number of carbonyl (C=O) groups excluding carboxylic acids is 1. The number of aldehydes is 1. The molecule has 0 spiro atoms. The molecule has 0 saturated carbocycles. The molecule has 0 unspecified atom stereocenters. The minimum atomic E-state index is -0.593. The van der Waals surface area contributed by atoms with Crippen LogP contribution in [0.25, 0.3) is 0 Å². The molecular weight excluding hydrogens is 190 g/mol. The van der Waals surface area contributed by atoms with Crippen LogP contribution in [0, 0.1) is 11.3 Å². The van der Waals surface area contributed by atoms with E-state index in [1.165, 1.54) is 7.11 Å². The number of rotatable bonds is 3. The van der Waals surface area contributed by atoms with E-state index in [0.29, 0.717) is 11.3 Å². The smallest absolute Gasteiger partial charge is 0.153 e. The molecule has 0 heterocycles. The fraction of sp³-hybridized carbons (Fsp3) is 0.333. The molecule has 3 nitrogen and oxygen atoms in total. The van der Waals surface area contributed by atoms with Crippen molar-refractivity contribution in [2.75, 3.05) is 7.11 Å². The van der Waals surface area contributed by atoms with Crippen LogP contribution >= 0.6 is 0 Å². The second-order valence-corrected chi connectivity index (χ2v) is 3.81. The number of nitrogens with zero attached hydrogens (tertiary/aromatic N) is 1. The van der Waals surface area contributed by atoms with Gasteiger partial charge in [0.05, 0.1) is 24.2 Å². The van der Waals surface area contributed by atoms with Crippen molar-refractivity contribution in [1.29, 1.82) is 5.26 Å². The highest BCUT2D eigenvalue weighted by atomic mass is 16.5. The Hall–Kier alpha value is -1.82. The van der Waals surface area contributed by atoms with Gasteiger partial charge >= 0.3 is 0 Å². The average Bonchev–Trinajstić information content (AvgIpc) is 2.28. The lowest BCUT2D eigenvalue weighted by molar-refractivity contribution is 0.112. The molecule has 3 heteroatoms. The second kappa shape index (κ2) is 4.14. The van der Waals surface area contributed by atoms with Crippen LogP contribution in [0.2, 0.25) is 0 Å². The topological polar surface area (TPSA) is 50.1 Å². The van der Waals surface area contributed by atoms with Crippen molar-refractivity contribution in [1.82, 2.24) is 0 Å². The summed E-state index contributed by atoms with van der Waals surface area (Å²) >= 11 is 0. The highest BCUT2D eigenvalue weighted by Gasteiger charge is 2.20. The largest absolute Gasteiger partial charge is 0.496 e. The van der Waals surface area contributed by atoms with E-state index in [4.69, 9.17) is 10.00 Å². The summed E-state index contributed by atoms with van der Waals surface area (Å²) < 4.78 is 5.02. The number of carbonyl (C=O) groups is 1. The van der Waals surface area contributed by atoms with Gasteiger partial charge in [0.2, 0.25) is 0 Å². The van der Waals surface area contributed by atoms with Crippen molar-refractivity contribution < 1.29 is 9.53 Å². The summed E-state index contributed by atoms with van der Waals surface area (Å²) in [6.07, 6.45) is 0.732. The van der Waals surface area contributed by atoms with Gasteiger partial charge in [0.25, 0.3) is 0 Å². The van der Waals surface area contributed by atoms with E-state index in [0.717, 1.165) is 11.8 Å². The first-order chi connectivity index (χ1) is 7.05. The van der Waals surface area contributed by atoms with E-state index >= 15 is 0 Å². The monoisotopic (exact) mass is 203 g/mol. The van der Waals surface area contributed by atoms with Gasteiger partial charge in [-0.1, -0.05) is 6.07 Å². The van der Waals surface area contributed by atoms with Crippen LogP contribution < -0.4 is 4.74 Å². The maximum atomic E-state index is 10.8. The minimum absolute atomic E-state index is 0.471. The van der Waals surface area contributed by atoms with Crippen molar-refractivity contribution in [2.24, 2.45) is 0 Å². The van der Waals surface area contributed by atoms with Crippen LogP contribution in [-0.2, 0) is 5.41 Å². The molecule has 0 amide bonds. The SMILES string of the molecule is COc1ccc(C(C)(C)C#N)cc1C=O. The van der Waals surface area contributed by atoms with E-state index in [9.17, 15) is 4.79 Å². The first kappa shape index (κ1) is 11.3. The standard InChI is InChI=1S/C12H13NO2/c1-12(2,8-13)10-4-5-11(15-3)9(6-10)7-14/h4-7H,1-3H3. The Morgan fingerprint density at radius 1 is 1.47 bits per heavy atom. The van der Waals surface area contributed by atoms with Gasteiger partial charge in [-0.05, 0) is 31.5 Å². The molecular formula is C12H13NO2. The van der Waals surface area contributed by atoms with Gasteiger partial charge in [-0.15, -0.1) is 0 Å². The number of hydrogen-bond donors (Lipinski definition) is 0. The lowest BCUT2D eigenvalue weighted by Crippen LogP contribution is -2.14. The third kappa shape index (κ3) is 2.16. The maximum absolute atomic E-state index is 10.8. The molecule has 0 aromatic heterocycles. The molecule has 1 rings (SSSR count). The molecule has 0 aliphatic heterocycles. The predicted molar refractivity (Wildman–Crippen MR) is 57.0 cm³/mol. The summed E-state index contributed by atoms with van der Waals surface area (Å²) in [6, 6.07) is 7.39. The molecule has 0 saturated heterocycles. The lowest BCUT2D eigenvalue weighted by Gasteiger charge is -2.16. The van der Waals surface area contributed by atoms with Gasteiger partial charge in [0.1, 0.15) is 5.75 Å². The zero-order chi connectivity index (χ0) is 11.5. The molecule has 15 heavy (non-hydrogen) atoms. The third-order valence-corrected chi connectivity index (χ3v) is 2.36. The average molecular weight is 203 g/mol. The molecule has 0 radical (unpaired) electrons. The first-order valence-corrected chi connectivity index (χ1v) is 4.60. The van der Waals surface area contributed by atoms with E-state index in [2.05, 4.69) is 6.07 Å². The Labute approximate surface area is 89.3 Å². The van der Waals surface area contributed by atoms with E-state index in [1.54, 1.807) is 18.2 Å². The Morgan fingerprint density at radius 3 is 2.60 bits per heavy atom. The van der Waals surface area contributed by atoms with Crippen molar-refractivity contribution in [2.45, 2.75) is 19.3 Å². The van der Waals surface area contributed by atoms with Crippen molar-refractivity contribution in [3.63, 3.8) is 0 Å². The predicted octanol–water partition coefficient (Wildman–Crippen LogP) is 2.31. The van der Waals surface area contributed by atoms with E-state index in [1.807, 2.05) is 13.8 Å². The van der Waals surface area contributed by atoms with Crippen molar-refractivity contribution >= 4 is 6.29 Å². The molecule has 0 bridgehead atoms. The highest BCUT2D eigenvalue weighted by Crippen LogP contribution is 2.26. The van der Waals surface area contributed by atoms with Crippen LogP contribution in [0.1, 0.15) is 29.8 Å². The van der Waals surface area contributed by atoms with Crippen LogP contribution in [-0.4, -0.2) is 13.4 Å². The number of ether oxygens (including phenoxy) is 1. The fourth-order valence-corrected chi connectivity index (χ4v) is 1.28. The van der Waals surface area contributed by atoms with Crippen LogP contribution in [0.15, 0.2) is 18.2 Å². The van der Waals surface area contributed by atoms with E-state index in [-0.39, 0.29) is 0 Å². The number of methoxy groups -OCH3 is 1. The van der Waals surface area contributed by atoms with Gasteiger partial charge in [0, 0.05) is 0 Å². The van der Waals surface area contributed by atoms with Crippen molar-refractivity contribution in [3.05, 3.63) is 29.3 Å². The summed E-state index contributed by atoms with van der Waals surface area (Å²) in [4.78, 5) is 10.8. The zero-order valence-electron chi connectivity index (χ0n) is 9.07. The van der Waals surface area contributed by atoms with Gasteiger partial charge in [-0.3, -0.25) is 4.79 Å². The molecule has 0 aliphatic rings. The molecule has 78 valence electrons. The number of benzene rings is 1. The molecule has 0 atom stereocenters. The highest BCUT2D eigenvalue weighted by molar-refractivity contribution is 5.79. The first-order valence-electron chi connectivity index (χ1n) is 4.60. The van der Waals surface area contributed by atoms with Gasteiger partial charge in [-0.2, -0.15) is 5.26 Å². The Balaban J connectivity index is 3.27.